The monoisotopic (exact) mass is 423 g/mol. The number of fused-ring (bicyclic) bond motifs is 3. The summed E-state index contributed by atoms with van der Waals surface area (Å²) in [4.78, 5) is 5.88. The minimum atomic E-state index is -1.33. The maximum Gasteiger partial charge on any atom is 0.169 e. The molecule has 2 aliphatic rings. The molecule has 5 rings (SSSR count). The van der Waals surface area contributed by atoms with Gasteiger partial charge in [0.05, 0.1) is 33.0 Å². The van der Waals surface area contributed by atoms with Gasteiger partial charge in [0, 0.05) is 34.7 Å². The average Bonchev–Trinajstić information content (AvgIpc) is 3.11. The third kappa shape index (κ3) is 3.38. The number of nitrogens with zero attached hydrogens (tertiary/aromatic N) is 1. The lowest BCUT2D eigenvalue weighted by molar-refractivity contribution is -0.147. The number of methoxy groups -OCH3 is 1. The van der Waals surface area contributed by atoms with Gasteiger partial charge in [-0.3, -0.25) is 4.90 Å². The Kier molecular flexibility index (Phi) is 5.15. The summed E-state index contributed by atoms with van der Waals surface area (Å²) in [5.41, 5.74) is 3.10. The number of ether oxygens (including phenoxy) is 3. The lowest BCUT2D eigenvalue weighted by atomic mass is 9.86. The minimum Gasteiger partial charge on any atom is -0.492 e. The van der Waals surface area contributed by atoms with E-state index in [4.69, 9.17) is 14.2 Å². The summed E-state index contributed by atoms with van der Waals surface area (Å²) in [7, 11) is 1.65. The van der Waals surface area contributed by atoms with E-state index < -0.39 is 5.67 Å². The largest absolute Gasteiger partial charge is 0.492 e. The number of benzene rings is 2. The molecule has 0 bridgehead atoms. The van der Waals surface area contributed by atoms with Crippen molar-refractivity contribution in [3.05, 3.63) is 66.2 Å². The topological polar surface area (TPSA) is 46.7 Å². The van der Waals surface area contributed by atoms with Crippen LogP contribution in [0.1, 0.15) is 29.8 Å². The number of halogens is 1. The average molecular weight is 424 g/mol. The standard InChI is InChI=1S/C25H28FN2O3/c1-4-31-21-11-7-9-18(24(21)29-3)23-22-19(17-8-5-6-10-20(17)27-22)12-16(2)28(23)13-25(26)14-30-15-25/h5-11,16,23,27H,1,4,12-15H2,2-3H3/t16-,23-/m1/s1. The second kappa shape index (κ2) is 7.84. The third-order valence-corrected chi connectivity index (χ3v) is 6.47. The number of aromatic amines is 1. The highest BCUT2D eigenvalue weighted by Crippen LogP contribution is 2.46. The number of hydrogen-bond acceptors (Lipinski definition) is 4. The highest BCUT2D eigenvalue weighted by atomic mass is 19.1. The van der Waals surface area contributed by atoms with Crippen LogP contribution in [0, 0.1) is 6.92 Å². The van der Waals surface area contributed by atoms with Crippen LogP contribution in [0.15, 0.2) is 42.5 Å². The number of hydrogen-bond donors (Lipinski definition) is 1. The molecule has 0 spiro atoms. The predicted molar refractivity (Wildman–Crippen MR) is 119 cm³/mol. The summed E-state index contributed by atoms with van der Waals surface area (Å²) in [6.07, 6.45) is 0.851. The van der Waals surface area contributed by atoms with Gasteiger partial charge < -0.3 is 19.2 Å². The molecule has 1 N–H and O–H groups in total. The maximum absolute atomic E-state index is 15.3. The Morgan fingerprint density at radius 3 is 2.74 bits per heavy atom. The van der Waals surface area contributed by atoms with Crippen molar-refractivity contribution in [3.8, 4) is 11.5 Å². The van der Waals surface area contributed by atoms with Crippen molar-refractivity contribution in [2.75, 3.05) is 33.5 Å². The van der Waals surface area contributed by atoms with E-state index in [1.807, 2.05) is 24.3 Å². The quantitative estimate of drug-likeness (QED) is 0.636. The zero-order chi connectivity index (χ0) is 21.6. The highest BCUT2D eigenvalue weighted by Gasteiger charge is 2.46. The van der Waals surface area contributed by atoms with Crippen LogP contribution in [-0.2, 0) is 11.2 Å². The summed E-state index contributed by atoms with van der Waals surface area (Å²) in [6.45, 7) is 6.86. The molecule has 1 saturated heterocycles. The third-order valence-electron chi connectivity index (χ3n) is 6.47. The number of para-hydroxylation sites is 2. The van der Waals surface area contributed by atoms with E-state index in [1.54, 1.807) is 7.11 Å². The fourth-order valence-corrected chi connectivity index (χ4v) is 5.02. The van der Waals surface area contributed by atoms with E-state index in [0.717, 1.165) is 23.2 Å². The fraction of sp³-hybridized carbons (Fsp3) is 0.400. The predicted octanol–water partition coefficient (Wildman–Crippen LogP) is 4.46. The van der Waals surface area contributed by atoms with Gasteiger partial charge in [0.2, 0.25) is 0 Å². The second-order valence-corrected chi connectivity index (χ2v) is 8.56. The first-order valence-corrected chi connectivity index (χ1v) is 10.8. The Balaban J connectivity index is 1.70. The van der Waals surface area contributed by atoms with Crippen LogP contribution in [-0.4, -0.2) is 55.1 Å². The number of nitrogens with one attached hydrogen (secondary N) is 1. The normalized spacial score (nSPS) is 22.7. The lowest BCUT2D eigenvalue weighted by Crippen LogP contribution is -2.57. The molecule has 5 nitrogen and oxygen atoms in total. The summed E-state index contributed by atoms with van der Waals surface area (Å²) in [5, 5.41) is 1.22. The summed E-state index contributed by atoms with van der Waals surface area (Å²) < 4.78 is 32.0. The number of H-pyrrole nitrogens is 1. The molecular formula is C25H28FN2O3. The van der Waals surface area contributed by atoms with Crippen LogP contribution in [0.3, 0.4) is 0 Å². The first-order chi connectivity index (χ1) is 15.0. The smallest absolute Gasteiger partial charge is 0.169 e. The molecule has 1 fully saturated rings. The molecule has 0 amide bonds. The van der Waals surface area contributed by atoms with Crippen LogP contribution in [0.25, 0.3) is 10.9 Å². The van der Waals surface area contributed by atoms with E-state index in [9.17, 15) is 0 Å². The van der Waals surface area contributed by atoms with E-state index in [-0.39, 0.29) is 25.3 Å². The number of aromatic nitrogens is 1. The van der Waals surface area contributed by atoms with Crippen molar-refractivity contribution in [3.63, 3.8) is 0 Å². The first-order valence-electron chi connectivity index (χ1n) is 10.8. The molecule has 1 radical (unpaired) electrons. The van der Waals surface area contributed by atoms with Crippen LogP contribution >= 0.6 is 0 Å². The van der Waals surface area contributed by atoms with Crippen molar-refractivity contribution in [1.29, 1.82) is 0 Å². The van der Waals surface area contributed by atoms with Crippen molar-refractivity contribution in [2.24, 2.45) is 0 Å². The molecule has 3 heterocycles. The van der Waals surface area contributed by atoms with Crippen molar-refractivity contribution < 1.29 is 18.6 Å². The molecule has 3 aromatic rings. The van der Waals surface area contributed by atoms with Gasteiger partial charge in [0.15, 0.2) is 17.2 Å². The summed E-state index contributed by atoms with van der Waals surface area (Å²) in [5.74, 6) is 1.31. The lowest BCUT2D eigenvalue weighted by Gasteiger charge is -2.46. The van der Waals surface area contributed by atoms with Crippen molar-refractivity contribution >= 4 is 10.9 Å². The molecule has 0 saturated carbocycles. The van der Waals surface area contributed by atoms with Gasteiger partial charge in [-0.2, -0.15) is 0 Å². The van der Waals surface area contributed by atoms with E-state index in [2.05, 4.69) is 41.9 Å². The molecule has 163 valence electrons. The molecule has 6 heteroatoms. The second-order valence-electron chi connectivity index (χ2n) is 8.56. The van der Waals surface area contributed by atoms with Gasteiger partial charge in [-0.1, -0.05) is 30.3 Å². The molecule has 31 heavy (non-hydrogen) atoms. The Morgan fingerprint density at radius 2 is 2.03 bits per heavy atom. The highest BCUT2D eigenvalue weighted by molar-refractivity contribution is 5.85. The zero-order valence-electron chi connectivity index (χ0n) is 18.0. The molecule has 1 aromatic heterocycles. The number of alkyl halides is 1. The van der Waals surface area contributed by atoms with Gasteiger partial charge in [0.1, 0.15) is 0 Å². The first kappa shape index (κ1) is 20.3. The van der Waals surface area contributed by atoms with Crippen LogP contribution in [0.5, 0.6) is 11.5 Å². The van der Waals surface area contributed by atoms with Gasteiger partial charge in [-0.05, 0) is 38.0 Å². The minimum absolute atomic E-state index is 0.143. The molecule has 2 aromatic carbocycles. The van der Waals surface area contributed by atoms with E-state index in [1.165, 1.54) is 10.9 Å². The summed E-state index contributed by atoms with van der Waals surface area (Å²) >= 11 is 0. The summed E-state index contributed by atoms with van der Waals surface area (Å²) in [6, 6.07) is 14.2. The molecule has 0 aliphatic carbocycles. The SMILES string of the molecule is [CH2]COc1cccc([C@@H]2c3[nH]c4ccccc4c3C[C@@H](C)N2CC2(F)COC2)c1OC. The van der Waals surface area contributed by atoms with Gasteiger partial charge >= 0.3 is 0 Å². The Morgan fingerprint density at radius 1 is 1.23 bits per heavy atom. The zero-order valence-corrected chi connectivity index (χ0v) is 18.0. The van der Waals surface area contributed by atoms with E-state index in [0.29, 0.717) is 24.7 Å². The Labute approximate surface area is 182 Å². The van der Waals surface area contributed by atoms with Gasteiger partial charge in [0.25, 0.3) is 0 Å². The van der Waals surface area contributed by atoms with Gasteiger partial charge in [-0.15, -0.1) is 0 Å². The van der Waals surface area contributed by atoms with Crippen LogP contribution in [0.4, 0.5) is 4.39 Å². The Hall–Kier alpha value is -2.57. The van der Waals surface area contributed by atoms with Crippen LogP contribution < -0.4 is 9.47 Å². The van der Waals surface area contributed by atoms with Crippen molar-refractivity contribution in [1.82, 2.24) is 9.88 Å². The molecular weight excluding hydrogens is 395 g/mol. The fourth-order valence-electron chi connectivity index (χ4n) is 5.02. The number of rotatable bonds is 6. The van der Waals surface area contributed by atoms with Crippen LogP contribution in [0.2, 0.25) is 0 Å². The molecule has 2 atom stereocenters. The molecule has 0 unspecified atom stereocenters. The maximum atomic E-state index is 15.3. The van der Waals surface area contributed by atoms with E-state index >= 15 is 4.39 Å². The van der Waals surface area contributed by atoms with Crippen molar-refractivity contribution in [2.45, 2.75) is 31.1 Å². The molecule has 2 aliphatic heterocycles. The van der Waals surface area contributed by atoms with Gasteiger partial charge in [-0.25, -0.2) is 4.39 Å². The Bertz CT molecular complexity index is 1090.